The number of allylic oxidation sites excluding steroid dienone is 1. The first kappa shape index (κ1) is 22.4. The highest BCUT2D eigenvalue weighted by Crippen LogP contribution is 2.40. The fourth-order valence-electron chi connectivity index (χ4n) is 3.37. The summed E-state index contributed by atoms with van der Waals surface area (Å²) in [6.45, 7) is 8.91. The molecule has 1 saturated heterocycles. The summed E-state index contributed by atoms with van der Waals surface area (Å²) in [4.78, 5) is 32.0. The Morgan fingerprint density at radius 2 is 2.03 bits per heavy atom. The van der Waals surface area contributed by atoms with Crippen LogP contribution in [0.1, 0.15) is 58.6 Å². The van der Waals surface area contributed by atoms with E-state index in [1.165, 1.54) is 0 Å². The van der Waals surface area contributed by atoms with Crippen LogP contribution in [0.3, 0.4) is 0 Å². The van der Waals surface area contributed by atoms with Crippen molar-refractivity contribution >= 4 is 28.8 Å². The molecule has 0 unspecified atom stereocenters. The minimum atomic E-state index is -0.540. The molecule has 0 spiro atoms. The van der Waals surface area contributed by atoms with Crippen molar-refractivity contribution in [2.24, 2.45) is 10.9 Å². The highest BCUT2D eigenvalue weighted by Gasteiger charge is 2.41. The lowest BCUT2D eigenvalue weighted by molar-refractivity contribution is -0.141. The summed E-state index contributed by atoms with van der Waals surface area (Å²) in [6.07, 6.45) is 2.49. The van der Waals surface area contributed by atoms with Crippen LogP contribution in [-0.2, 0) is 14.3 Å². The van der Waals surface area contributed by atoms with Crippen LogP contribution in [0, 0.1) is 5.92 Å². The zero-order valence-corrected chi connectivity index (χ0v) is 19.0. The van der Waals surface area contributed by atoms with E-state index in [0.717, 1.165) is 24.2 Å². The number of carbonyl (C=O) groups is 2. The maximum atomic E-state index is 13.0. The summed E-state index contributed by atoms with van der Waals surface area (Å²) in [5.74, 6) is 1.26. The van der Waals surface area contributed by atoms with E-state index in [2.05, 4.69) is 11.9 Å². The molecule has 0 saturated carbocycles. The Hall–Kier alpha value is -2.28. The third kappa shape index (κ3) is 5.06. The number of hydrogen-bond donors (Lipinski definition) is 0. The van der Waals surface area contributed by atoms with Gasteiger partial charge >= 0.3 is 5.97 Å². The van der Waals surface area contributed by atoms with E-state index in [1.807, 2.05) is 45.0 Å². The third-order valence-electron chi connectivity index (χ3n) is 4.94. The van der Waals surface area contributed by atoms with Crippen molar-refractivity contribution in [3.63, 3.8) is 0 Å². The molecule has 6 nitrogen and oxygen atoms in total. The maximum absolute atomic E-state index is 13.0. The van der Waals surface area contributed by atoms with E-state index >= 15 is 0 Å². The van der Waals surface area contributed by atoms with Crippen LogP contribution in [0.25, 0.3) is 0 Å². The maximum Gasteiger partial charge on any atom is 0.338 e. The summed E-state index contributed by atoms with van der Waals surface area (Å²) in [6, 6.07) is 7.09. The van der Waals surface area contributed by atoms with E-state index in [-0.39, 0.29) is 11.8 Å². The van der Waals surface area contributed by atoms with Crippen molar-refractivity contribution in [1.29, 1.82) is 0 Å². The minimum absolute atomic E-state index is 0.0255. The van der Waals surface area contributed by atoms with Crippen molar-refractivity contribution in [3.8, 4) is 5.75 Å². The fraction of sp³-hybridized carbons (Fsp3) is 0.522. The van der Waals surface area contributed by atoms with Gasteiger partial charge in [-0.3, -0.25) is 9.69 Å². The van der Waals surface area contributed by atoms with Crippen LogP contribution >= 0.6 is 11.8 Å². The van der Waals surface area contributed by atoms with Crippen molar-refractivity contribution in [1.82, 2.24) is 4.90 Å². The number of thioether (sulfide) groups is 1. The zero-order chi connectivity index (χ0) is 21.7. The monoisotopic (exact) mass is 430 g/mol. The Labute approximate surface area is 182 Å². The van der Waals surface area contributed by atoms with Gasteiger partial charge in [0.1, 0.15) is 5.75 Å². The van der Waals surface area contributed by atoms with Gasteiger partial charge in [0.2, 0.25) is 5.91 Å². The van der Waals surface area contributed by atoms with Crippen molar-refractivity contribution < 1.29 is 19.1 Å². The molecule has 1 amide bonds. The molecule has 3 rings (SSSR count). The highest BCUT2D eigenvalue weighted by atomic mass is 32.2. The molecule has 1 fully saturated rings. The van der Waals surface area contributed by atoms with Gasteiger partial charge in [0.25, 0.3) is 0 Å². The predicted molar refractivity (Wildman–Crippen MR) is 119 cm³/mol. The molecule has 0 radical (unpaired) electrons. The summed E-state index contributed by atoms with van der Waals surface area (Å²) >= 11 is 1.55. The molecule has 2 heterocycles. The van der Waals surface area contributed by atoms with Gasteiger partial charge < -0.3 is 9.47 Å². The van der Waals surface area contributed by atoms with Gasteiger partial charge in [0.05, 0.1) is 30.5 Å². The molecule has 30 heavy (non-hydrogen) atoms. The van der Waals surface area contributed by atoms with Crippen LogP contribution in [0.4, 0.5) is 0 Å². The summed E-state index contributed by atoms with van der Waals surface area (Å²) in [7, 11) is 0. The van der Waals surface area contributed by atoms with Crippen LogP contribution < -0.4 is 4.74 Å². The van der Waals surface area contributed by atoms with Crippen molar-refractivity contribution in [2.75, 3.05) is 19.0 Å². The standard InChI is InChI=1S/C23H30N2O4S/c1-5-6-12-28-18-9-7-17(8-10-18)21-20(22(27)29-14-15(2)3)16(4)24-23-25(21)19(26)11-13-30-23/h7-10,15,21H,5-6,11-14H2,1-4H3/t21-/m0/s1. The Balaban J connectivity index is 1.95. The number of rotatable bonds is 8. The van der Waals surface area contributed by atoms with Gasteiger partial charge in [-0.15, -0.1) is 0 Å². The number of carbonyl (C=O) groups excluding carboxylic acids is 2. The number of hydrogen-bond acceptors (Lipinski definition) is 6. The van der Waals surface area contributed by atoms with E-state index in [4.69, 9.17) is 9.47 Å². The number of benzene rings is 1. The first-order valence-corrected chi connectivity index (χ1v) is 11.5. The fourth-order valence-corrected chi connectivity index (χ4v) is 4.38. The first-order valence-electron chi connectivity index (χ1n) is 10.6. The highest BCUT2D eigenvalue weighted by molar-refractivity contribution is 8.14. The van der Waals surface area contributed by atoms with Gasteiger partial charge in [-0.05, 0) is 37.0 Å². The van der Waals surface area contributed by atoms with Crippen LogP contribution in [0.5, 0.6) is 5.75 Å². The molecular weight excluding hydrogens is 400 g/mol. The second-order valence-electron chi connectivity index (χ2n) is 7.92. The van der Waals surface area contributed by atoms with Gasteiger partial charge in [-0.2, -0.15) is 0 Å². The Kier molecular flexibility index (Phi) is 7.58. The van der Waals surface area contributed by atoms with Crippen LogP contribution in [0.15, 0.2) is 40.5 Å². The summed E-state index contributed by atoms with van der Waals surface area (Å²) in [5.41, 5.74) is 1.87. The number of amides is 1. The zero-order valence-electron chi connectivity index (χ0n) is 18.1. The van der Waals surface area contributed by atoms with E-state index in [0.29, 0.717) is 41.8 Å². The molecule has 0 aromatic heterocycles. The Bertz CT molecular complexity index is 845. The summed E-state index contributed by atoms with van der Waals surface area (Å²) < 4.78 is 11.3. The van der Waals surface area contributed by atoms with E-state index in [1.54, 1.807) is 16.7 Å². The third-order valence-corrected chi connectivity index (χ3v) is 5.89. The minimum Gasteiger partial charge on any atom is -0.494 e. The molecule has 0 N–H and O–H groups in total. The number of unbranched alkanes of at least 4 members (excludes halogenated alkanes) is 1. The quantitative estimate of drug-likeness (QED) is 0.441. The lowest BCUT2D eigenvalue weighted by atomic mass is 9.94. The topological polar surface area (TPSA) is 68.2 Å². The number of nitrogens with zero attached hydrogens (tertiary/aromatic N) is 2. The van der Waals surface area contributed by atoms with Crippen LogP contribution in [-0.4, -0.2) is 40.9 Å². The molecule has 162 valence electrons. The lowest BCUT2D eigenvalue weighted by Crippen LogP contribution is -2.45. The molecule has 1 aromatic carbocycles. The normalized spacial score (nSPS) is 19.0. The molecule has 0 bridgehead atoms. The van der Waals surface area contributed by atoms with E-state index in [9.17, 15) is 9.59 Å². The number of amidine groups is 1. The first-order chi connectivity index (χ1) is 14.4. The summed E-state index contributed by atoms with van der Waals surface area (Å²) in [5, 5.41) is 0.650. The SMILES string of the molecule is CCCCOc1ccc([C@H]2C(C(=O)OCC(C)C)=C(C)N=C3SCCC(=O)N32)cc1. The number of aliphatic imine (C=N–C) groups is 1. The number of ether oxygens (including phenoxy) is 2. The van der Waals surface area contributed by atoms with Crippen molar-refractivity contribution in [2.45, 2.75) is 53.0 Å². The molecular formula is C23H30N2O4S. The molecule has 1 atom stereocenters. The number of esters is 1. The molecule has 0 aliphatic carbocycles. The van der Waals surface area contributed by atoms with E-state index < -0.39 is 12.0 Å². The largest absolute Gasteiger partial charge is 0.494 e. The Morgan fingerprint density at radius 1 is 1.30 bits per heavy atom. The molecule has 1 aromatic rings. The Morgan fingerprint density at radius 3 is 2.70 bits per heavy atom. The molecule has 7 heteroatoms. The van der Waals surface area contributed by atoms with Crippen molar-refractivity contribution in [3.05, 3.63) is 41.1 Å². The average molecular weight is 431 g/mol. The van der Waals surface area contributed by atoms with Gasteiger partial charge in [-0.1, -0.05) is 51.1 Å². The molecule has 2 aliphatic heterocycles. The predicted octanol–water partition coefficient (Wildman–Crippen LogP) is 4.71. The molecule has 2 aliphatic rings. The average Bonchev–Trinajstić information content (AvgIpc) is 2.72. The second-order valence-corrected chi connectivity index (χ2v) is 8.98. The smallest absolute Gasteiger partial charge is 0.338 e. The lowest BCUT2D eigenvalue weighted by Gasteiger charge is -2.39. The van der Waals surface area contributed by atoms with Gasteiger partial charge in [0, 0.05) is 12.2 Å². The number of fused-ring (bicyclic) bond motifs is 1. The second kappa shape index (κ2) is 10.2. The van der Waals surface area contributed by atoms with Gasteiger partial charge in [-0.25, -0.2) is 9.79 Å². The van der Waals surface area contributed by atoms with Gasteiger partial charge in [0.15, 0.2) is 5.17 Å². The van der Waals surface area contributed by atoms with Crippen LogP contribution in [0.2, 0.25) is 0 Å².